The second kappa shape index (κ2) is 4.51. The topological polar surface area (TPSA) is 32.3 Å². The average Bonchev–Trinajstić information content (AvgIpc) is 1.68. The molecule has 0 amide bonds. The van der Waals surface area contributed by atoms with E-state index in [-0.39, 0.29) is 6.10 Å². The van der Waals surface area contributed by atoms with Gasteiger partial charge in [-0.1, -0.05) is 16.3 Å². The molecule has 0 radical (unpaired) electrons. The van der Waals surface area contributed by atoms with Crippen LogP contribution in [-0.2, 0) is 0 Å². The summed E-state index contributed by atoms with van der Waals surface area (Å²) >= 11 is 0. The highest BCUT2D eigenvalue weighted by atomic mass is 31.0. The van der Waals surface area contributed by atoms with E-state index in [1.165, 1.54) is 0 Å². The molecule has 0 rings (SSSR count). The first-order valence-electron chi connectivity index (χ1n) is 2.42. The molecule has 2 nitrogen and oxygen atoms in total. The molecule has 7 heavy (non-hydrogen) atoms. The maximum atomic E-state index is 8.78. The smallest absolute Gasteiger partial charge is 0.0665 e. The predicted molar refractivity (Wildman–Crippen MR) is 34.0 cm³/mol. The largest absolute Gasteiger partial charge is 0.392 e. The van der Waals surface area contributed by atoms with Crippen molar-refractivity contribution in [2.75, 3.05) is 6.54 Å². The number of rotatable bonds is 3. The first kappa shape index (κ1) is 7.35. The van der Waals surface area contributed by atoms with Gasteiger partial charge in [-0.25, -0.2) is 0 Å². The van der Waals surface area contributed by atoms with Gasteiger partial charge in [-0.2, -0.15) is 0 Å². The monoisotopic (exact) mass is 121 g/mol. The Morgan fingerprint density at radius 1 is 1.86 bits per heavy atom. The quantitative estimate of drug-likeness (QED) is 0.520. The molecular weight excluding hydrogens is 109 g/mol. The van der Waals surface area contributed by atoms with Crippen LogP contribution in [0.1, 0.15) is 13.3 Å². The Kier molecular flexibility index (Phi) is 4.73. The zero-order chi connectivity index (χ0) is 5.70. The van der Waals surface area contributed by atoms with E-state index in [1.807, 2.05) is 6.92 Å². The molecule has 0 heterocycles. The van der Waals surface area contributed by atoms with E-state index in [0.717, 1.165) is 6.42 Å². The third-order valence-corrected chi connectivity index (χ3v) is 1.06. The van der Waals surface area contributed by atoms with Gasteiger partial charge in [0.05, 0.1) is 6.10 Å². The molecule has 0 bridgehead atoms. The highest BCUT2D eigenvalue weighted by Gasteiger charge is 1.94. The van der Waals surface area contributed by atoms with Crippen molar-refractivity contribution in [3.63, 3.8) is 0 Å². The van der Waals surface area contributed by atoms with Gasteiger partial charge in [-0.15, -0.1) is 0 Å². The molecule has 0 aliphatic heterocycles. The summed E-state index contributed by atoms with van der Waals surface area (Å²) in [7, 11) is 2.34. The maximum Gasteiger partial charge on any atom is 0.0665 e. The molecule has 0 aromatic carbocycles. The van der Waals surface area contributed by atoms with E-state index in [1.54, 1.807) is 0 Å². The summed E-state index contributed by atoms with van der Waals surface area (Å²) in [6.07, 6.45) is 0.638. The SMILES string of the molecule is CCC(O)CNP. The number of nitrogens with one attached hydrogen (secondary N) is 1. The highest BCUT2D eigenvalue weighted by molar-refractivity contribution is 7.13. The third-order valence-electron chi connectivity index (χ3n) is 0.825. The lowest BCUT2D eigenvalue weighted by Crippen LogP contribution is -2.18. The van der Waals surface area contributed by atoms with Crippen LogP contribution in [0.25, 0.3) is 0 Å². The van der Waals surface area contributed by atoms with Gasteiger partial charge >= 0.3 is 0 Å². The van der Waals surface area contributed by atoms with E-state index in [2.05, 4.69) is 14.5 Å². The summed E-state index contributed by atoms with van der Waals surface area (Å²) < 4.78 is 0. The summed E-state index contributed by atoms with van der Waals surface area (Å²) in [5.74, 6) is 0. The fourth-order valence-electron chi connectivity index (χ4n) is 0.280. The predicted octanol–water partition coefficient (Wildman–Crippen LogP) is 0.137. The van der Waals surface area contributed by atoms with Crippen molar-refractivity contribution in [1.82, 2.24) is 5.09 Å². The van der Waals surface area contributed by atoms with Crippen molar-refractivity contribution >= 4 is 9.39 Å². The van der Waals surface area contributed by atoms with E-state index < -0.39 is 0 Å². The second-order valence-corrected chi connectivity index (χ2v) is 1.88. The van der Waals surface area contributed by atoms with Crippen LogP contribution in [0.5, 0.6) is 0 Å². The zero-order valence-electron chi connectivity index (χ0n) is 4.52. The minimum Gasteiger partial charge on any atom is -0.392 e. The minimum absolute atomic E-state index is 0.183. The van der Waals surface area contributed by atoms with Crippen LogP contribution in [0.4, 0.5) is 0 Å². The Morgan fingerprint density at radius 2 is 2.43 bits per heavy atom. The van der Waals surface area contributed by atoms with Crippen LogP contribution in [0.15, 0.2) is 0 Å². The molecule has 0 spiro atoms. The Morgan fingerprint density at radius 3 is 2.57 bits per heavy atom. The van der Waals surface area contributed by atoms with Gasteiger partial charge in [0.1, 0.15) is 0 Å². The molecule has 0 aliphatic rings. The summed E-state index contributed by atoms with van der Waals surface area (Å²) in [6, 6.07) is 0. The van der Waals surface area contributed by atoms with E-state index >= 15 is 0 Å². The Labute approximate surface area is 46.6 Å². The molecule has 3 heteroatoms. The van der Waals surface area contributed by atoms with Crippen LogP contribution in [-0.4, -0.2) is 17.8 Å². The third kappa shape index (κ3) is 4.20. The molecule has 2 unspecified atom stereocenters. The molecule has 44 valence electrons. The van der Waals surface area contributed by atoms with Crippen molar-refractivity contribution in [2.24, 2.45) is 0 Å². The fraction of sp³-hybridized carbons (Fsp3) is 1.00. The summed E-state index contributed by atoms with van der Waals surface area (Å²) in [4.78, 5) is 0. The van der Waals surface area contributed by atoms with Gasteiger partial charge < -0.3 is 5.11 Å². The van der Waals surface area contributed by atoms with Crippen molar-refractivity contribution in [1.29, 1.82) is 0 Å². The zero-order valence-corrected chi connectivity index (χ0v) is 5.67. The number of aliphatic hydroxyl groups is 1. The van der Waals surface area contributed by atoms with Crippen molar-refractivity contribution in [2.45, 2.75) is 19.4 Å². The van der Waals surface area contributed by atoms with Crippen molar-refractivity contribution in [3.05, 3.63) is 0 Å². The average molecular weight is 121 g/mol. The minimum atomic E-state index is -0.183. The number of hydrogen-bond acceptors (Lipinski definition) is 2. The van der Waals surface area contributed by atoms with Crippen LogP contribution < -0.4 is 5.09 Å². The number of aliphatic hydroxyl groups excluding tert-OH is 1. The normalized spacial score (nSPS) is 14.1. The van der Waals surface area contributed by atoms with Crippen molar-refractivity contribution in [3.8, 4) is 0 Å². The standard InChI is InChI=1S/C4H12NOP/c1-2-4(6)3-5-7/h4-6H,2-3,7H2,1H3. The van der Waals surface area contributed by atoms with Crippen molar-refractivity contribution < 1.29 is 5.11 Å². The van der Waals surface area contributed by atoms with Crippen LogP contribution >= 0.6 is 9.39 Å². The van der Waals surface area contributed by atoms with Gasteiger partial charge in [0.25, 0.3) is 0 Å². The highest BCUT2D eigenvalue weighted by Crippen LogP contribution is 1.86. The van der Waals surface area contributed by atoms with Crippen LogP contribution in [0, 0.1) is 0 Å². The maximum absolute atomic E-state index is 8.78. The Bertz CT molecular complexity index is 42.7. The molecule has 0 saturated carbocycles. The second-order valence-electron chi connectivity index (χ2n) is 1.47. The lowest BCUT2D eigenvalue weighted by molar-refractivity contribution is 0.175. The lowest BCUT2D eigenvalue weighted by atomic mass is 10.3. The van der Waals surface area contributed by atoms with Gasteiger partial charge in [0.2, 0.25) is 0 Å². The number of hydrogen-bond donors (Lipinski definition) is 2. The first-order valence-corrected chi connectivity index (χ1v) is 3.00. The van der Waals surface area contributed by atoms with Gasteiger partial charge in [0, 0.05) is 6.54 Å². The molecule has 0 aromatic heterocycles. The summed E-state index contributed by atoms with van der Waals surface area (Å²) in [5.41, 5.74) is 0. The molecule has 0 fully saturated rings. The molecular formula is C4H12NOP. The van der Waals surface area contributed by atoms with Crippen LogP contribution in [0.3, 0.4) is 0 Å². The van der Waals surface area contributed by atoms with Crippen LogP contribution in [0.2, 0.25) is 0 Å². The summed E-state index contributed by atoms with van der Waals surface area (Å²) in [5, 5.41) is 11.6. The molecule has 0 saturated heterocycles. The van der Waals surface area contributed by atoms with Gasteiger partial charge in [-0.3, -0.25) is 5.09 Å². The Balaban J connectivity index is 2.83. The van der Waals surface area contributed by atoms with Gasteiger partial charge in [0.15, 0.2) is 0 Å². The lowest BCUT2D eigenvalue weighted by Gasteiger charge is -2.03. The molecule has 0 aromatic rings. The van der Waals surface area contributed by atoms with E-state index in [9.17, 15) is 0 Å². The molecule has 0 aliphatic carbocycles. The van der Waals surface area contributed by atoms with E-state index in [4.69, 9.17) is 5.11 Å². The van der Waals surface area contributed by atoms with E-state index in [0.29, 0.717) is 6.54 Å². The Hall–Kier alpha value is 0.350. The molecule has 2 atom stereocenters. The fourth-order valence-corrected chi connectivity index (χ4v) is 0.552. The van der Waals surface area contributed by atoms with Gasteiger partial charge in [-0.05, 0) is 6.42 Å². The first-order chi connectivity index (χ1) is 3.31. The molecule has 2 N–H and O–H groups in total. The summed E-state index contributed by atoms with van der Waals surface area (Å²) in [6.45, 7) is 2.62.